The summed E-state index contributed by atoms with van der Waals surface area (Å²) in [7, 11) is 0. The molecule has 0 aliphatic heterocycles. The van der Waals surface area contributed by atoms with Crippen molar-refractivity contribution in [3.05, 3.63) is 40.9 Å². The zero-order valence-corrected chi connectivity index (χ0v) is 11.5. The molecule has 1 amide bonds. The number of nitrogens with zero attached hydrogens (tertiary/aromatic N) is 5. The molecule has 0 spiro atoms. The Hall–Kier alpha value is -2.56. The fourth-order valence-corrected chi connectivity index (χ4v) is 2.40. The first-order valence-corrected chi connectivity index (χ1v) is 6.73. The van der Waals surface area contributed by atoms with Gasteiger partial charge in [-0.05, 0) is 11.6 Å². The van der Waals surface area contributed by atoms with E-state index in [1.54, 1.807) is 24.5 Å². The Morgan fingerprint density at radius 3 is 2.86 bits per heavy atom. The van der Waals surface area contributed by atoms with Gasteiger partial charge in [0.05, 0.1) is 0 Å². The first kappa shape index (κ1) is 14.4. The van der Waals surface area contributed by atoms with E-state index >= 15 is 0 Å². The smallest absolute Gasteiger partial charge is 0.346 e. The Kier molecular flexibility index (Phi) is 3.48. The van der Waals surface area contributed by atoms with Crippen molar-refractivity contribution < 1.29 is 18.0 Å². The number of hydrogen-bond donors (Lipinski definition) is 1. The number of halogens is 3. The van der Waals surface area contributed by atoms with Crippen LogP contribution in [0.4, 0.5) is 13.2 Å². The predicted molar refractivity (Wildman–Crippen MR) is 69.1 cm³/mol. The second-order valence-electron chi connectivity index (χ2n) is 4.17. The van der Waals surface area contributed by atoms with Crippen molar-refractivity contribution in [3.8, 4) is 0 Å². The van der Waals surface area contributed by atoms with Crippen LogP contribution in [0, 0.1) is 0 Å². The van der Waals surface area contributed by atoms with Gasteiger partial charge in [0.1, 0.15) is 0 Å². The van der Waals surface area contributed by atoms with Crippen LogP contribution >= 0.6 is 11.3 Å². The second kappa shape index (κ2) is 5.33. The molecule has 3 aromatic rings. The number of carbonyl (C=O) groups excluding carboxylic acids is 1. The minimum Gasteiger partial charge on any atom is -0.346 e. The zero-order valence-electron chi connectivity index (χ0n) is 10.7. The largest absolute Gasteiger partial charge is 0.453 e. The second-order valence-corrected chi connectivity index (χ2v) is 5.12. The van der Waals surface area contributed by atoms with Crippen LogP contribution < -0.4 is 5.32 Å². The highest BCUT2D eigenvalue weighted by atomic mass is 32.1. The number of hydrogen-bond acceptors (Lipinski definition) is 6. The molecule has 0 unspecified atom stereocenters. The van der Waals surface area contributed by atoms with Crippen molar-refractivity contribution >= 4 is 22.2 Å². The highest BCUT2D eigenvalue weighted by molar-refractivity contribution is 7.18. The van der Waals surface area contributed by atoms with E-state index in [-0.39, 0.29) is 16.5 Å². The molecule has 3 heterocycles. The standard InChI is InChI=1S/C11H7F3N6OS/c12-11(13,14)9-17-18-10-20(9)19-8(22-10)7(21)16-5-6-2-1-3-15-4-6/h1-4H,5H2,(H,16,21). The minimum atomic E-state index is -4.68. The van der Waals surface area contributed by atoms with Crippen LogP contribution in [0.15, 0.2) is 24.5 Å². The van der Waals surface area contributed by atoms with E-state index in [2.05, 4.69) is 25.6 Å². The van der Waals surface area contributed by atoms with Gasteiger partial charge in [-0.25, -0.2) is 0 Å². The lowest BCUT2D eigenvalue weighted by Gasteiger charge is -2.02. The molecule has 3 rings (SSSR count). The van der Waals surface area contributed by atoms with Gasteiger partial charge in [0.25, 0.3) is 11.7 Å². The quantitative estimate of drug-likeness (QED) is 0.788. The van der Waals surface area contributed by atoms with Gasteiger partial charge < -0.3 is 5.32 Å². The molecule has 3 aromatic heterocycles. The summed E-state index contributed by atoms with van der Waals surface area (Å²) in [6.45, 7) is 0.193. The summed E-state index contributed by atoms with van der Waals surface area (Å²) >= 11 is 0.728. The van der Waals surface area contributed by atoms with Gasteiger partial charge in [0.2, 0.25) is 9.97 Å². The average Bonchev–Trinajstić information content (AvgIpc) is 3.04. The molecule has 0 aliphatic carbocycles. The van der Waals surface area contributed by atoms with Gasteiger partial charge in [0, 0.05) is 18.9 Å². The number of nitrogens with one attached hydrogen (secondary N) is 1. The molecule has 7 nitrogen and oxygen atoms in total. The van der Waals surface area contributed by atoms with Crippen molar-refractivity contribution in [2.24, 2.45) is 0 Å². The van der Waals surface area contributed by atoms with Crippen LogP contribution in [0.5, 0.6) is 0 Å². The summed E-state index contributed by atoms with van der Waals surface area (Å²) in [6.07, 6.45) is -1.52. The molecule has 0 saturated carbocycles. The SMILES string of the molecule is O=C(NCc1cccnc1)c1nn2c(C(F)(F)F)nnc2s1. The first-order valence-electron chi connectivity index (χ1n) is 5.91. The number of carbonyl (C=O) groups is 1. The van der Waals surface area contributed by atoms with Gasteiger partial charge in [-0.15, -0.1) is 15.3 Å². The van der Waals surface area contributed by atoms with E-state index in [0.29, 0.717) is 4.52 Å². The number of pyridine rings is 1. The molecule has 0 radical (unpaired) electrons. The highest BCUT2D eigenvalue weighted by Gasteiger charge is 2.38. The topological polar surface area (TPSA) is 85.1 Å². The van der Waals surface area contributed by atoms with Crippen LogP contribution in [0.3, 0.4) is 0 Å². The summed E-state index contributed by atoms with van der Waals surface area (Å²) in [4.78, 5) is 15.7. The molecule has 0 bridgehead atoms. The van der Waals surface area contributed by atoms with Gasteiger partial charge in [-0.2, -0.15) is 17.7 Å². The number of amides is 1. The molecule has 11 heteroatoms. The van der Waals surface area contributed by atoms with E-state index in [1.807, 2.05) is 0 Å². The van der Waals surface area contributed by atoms with Crippen LogP contribution in [0.2, 0.25) is 0 Å². The van der Waals surface area contributed by atoms with Crippen molar-refractivity contribution in [1.82, 2.24) is 30.1 Å². The van der Waals surface area contributed by atoms with Gasteiger partial charge in [-0.3, -0.25) is 9.78 Å². The number of aromatic nitrogens is 5. The van der Waals surface area contributed by atoms with Gasteiger partial charge >= 0.3 is 6.18 Å². The van der Waals surface area contributed by atoms with Crippen LogP contribution in [-0.2, 0) is 12.7 Å². The number of alkyl halides is 3. The molecule has 0 saturated heterocycles. The Bertz CT molecular complexity index is 812. The third kappa shape index (κ3) is 2.74. The van der Waals surface area contributed by atoms with Crippen LogP contribution in [-0.4, -0.2) is 30.7 Å². The lowest BCUT2D eigenvalue weighted by atomic mass is 10.3. The summed E-state index contributed by atoms with van der Waals surface area (Å²) < 4.78 is 38.5. The third-order valence-corrected chi connectivity index (χ3v) is 3.51. The Morgan fingerprint density at radius 2 is 2.18 bits per heavy atom. The Labute approximate surface area is 124 Å². The summed E-state index contributed by atoms with van der Waals surface area (Å²) in [5.74, 6) is -1.85. The lowest BCUT2D eigenvalue weighted by molar-refractivity contribution is -0.146. The van der Waals surface area contributed by atoms with E-state index in [0.717, 1.165) is 16.9 Å². The fraction of sp³-hybridized carbons (Fsp3) is 0.182. The van der Waals surface area contributed by atoms with Crippen molar-refractivity contribution in [3.63, 3.8) is 0 Å². The summed E-state index contributed by atoms with van der Waals surface area (Å²) in [5.41, 5.74) is 0.759. The maximum atomic E-state index is 12.7. The molecule has 114 valence electrons. The molecule has 0 aromatic carbocycles. The molecule has 1 N–H and O–H groups in total. The molecule has 0 atom stereocenters. The Balaban J connectivity index is 1.78. The van der Waals surface area contributed by atoms with Crippen molar-refractivity contribution in [2.45, 2.75) is 12.7 Å². The summed E-state index contributed by atoms with van der Waals surface area (Å²) in [6, 6.07) is 3.47. The van der Waals surface area contributed by atoms with E-state index in [9.17, 15) is 18.0 Å². The average molecular weight is 328 g/mol. The Morgan fingerprint density at radius 1 is 1.36 bits per heavy atom. The van der Waals surface area contributed by atoms with Gasteiger partial charge in [0.15, 0.2) is 0 Å². The molecule has 0 fully saturated rings. The maximum Gasteiger partial charge on any atom is 0.453 e. The van der Waals surface area contributed by atoms with E-state index in [1.165, 1.54) is 0 Å². The monoisotopic (exact) mass is 328 g/mol. The predicted octanol–water partition coefficient (Wildman–Crippen LogP) is 1.53. The van der Waals surface area contributed by atoms with E-state index in [4.69, 9.17) is 0 Å². The zero-order chi connectivity index (χ0) is 15.7. The minimum absolute atomic E-state index is 0.0983. The molecule has 22 heavy (non-hydrogen) atoms. The molecular weight excluding hydrogens is 321 g/mol. The fourth-order valence-electron chi connectivity index (χ4n) is 1.65. The van der Waals surface area contributed by atoms with Crippen LogP contribution in [0.1, 0.15) is 21.2 Å². The molecule has 0 aliphatic rings. The maximum absolute atomic E-state index is 12.7. The van der Waals surface area contributed by atoms with E-state index < -0.39 is 17.9 Å². The normalized spacial score (nSPS) is 11.8. The molecular formula is C11H7F3N6OS. The highest BCUT2D eigenvalue weighted by Crippen LogP contribution is 2.28. The first-order chi connectivity index (χ1) is 10.4. The third-order valence-electron chi connectivity index (χ3n) is 2.61. The van der Waals surface area contributed by atoms with Crippen molar-refractivity contribution in [1.29, 1.82) is 0 Å². The number of fused-ring (bicyclic) bond motifs is 1. The number of rotatable bonds is 3. The lowest BCUT2D eigenvalue weighted by Crippen LogP contribution is -2.23. The van der Waals surface area contributed by atoms with Gasteiger partial charge in [-0.1, -0.05) is 17.4 Å². The van der Waals surface area contributed by atoms with Crippen molar-refractivity contribution in [2.75, 3.05) is 0 Å². The summed E-state index contributed by atoms with van der Waals surface area (Å²) in [5, 5.41) is 12.4. The van der Waals surface area contributed by atoms with Crippen LogP contribution in [0.25, 0.3) is 4.96 Å².